The van der Waals surface area contributed by atoms with Crippen LogP contribution in [0.4, 0.5) is 0 Å². The standard InChI is InChI=1S/C14H20O2.Na/c1-13(2,3)9-7-10(14(4,5)6)12(16)11(15)8-9;/h7-8H,1-6H3;/q-1;+1. The molecule has 0 spiro atoms. The SMILES string of the molecule is CC(C)(C)C1=C[C]([O-])C(=O)C(C(C)(C)C)=C1.[Na+]. The molecule has 1 rings (SSSR count). The summed E-state index contributed by atoms with van der Waals surface area (Å²) >= 11 is 0. The van der Waals surface area contributed by atoms with Crippen LogP contribution in [0.2, 0.25) is 0 Å². The molecule has 0 aromatic carbocycles. The molecule has 0 N–H and O–H groups in total. The van der Waals surface area contributed by atoms with E-state index >= 15 is 0 Å². The molecular formula is C14H20NaO2. The van der Waals surface area contributed by atoms with Crippen LogP contribution in [-0.4, -0.2) is 5.78 Å². The Morgan fingerprint density at radius 2 is 1.41 bits per heavy atom. The van der Waals surface area contributed by atoms with Gasteiger partial charge in [0.25, 0.3) is 0 Å². The maximum atomic E-state index is 11.8. The minimum atomic E-state index is -0.391. The molecule has 0 heterocycles. The van der Waals surface area contributed by atoms with Gasteiger partial charge in [-0.25, -0.2) is 0 Å². The average Bonchev–Trinajstić information content (AvgIpc) is 2.05. The topological polar surface area (TPSA) is 40.1 Å². The Morgan fingerprint density at radius 1 is 0.941 bits per heavy atom. The van der Waals surface area contributed by atoms with Gasteiger partial charge in [0.05, 0.1) is 0 Å². The molecule has 2 nitrogen and oxygen atoms in total. The van der Waals surface area contributed by atoms with Gasteiger partial charge in [-0.15, -0.1) is 0 Å². The van der Waals surface area contributed by atoms with E-state index in [0.717, 1.165) is 5.57 Å². The maximum absolute atomic E-state index is 11.8. The first-order chi connectivity index (χ1) is 7.03. The van der Waals surface area contributed by atoms with E-state index in [4.69, 9.17) is 0 Å². The fourth-order valence-electron chi connectivity index (χ4n) is 1.59. The molecular weight excluding hydrogens is 223 g/mol. The summed E-state index contributed by atoms with van der Waals surface area (Å²) in [6.45, 7) is 12.0. The van der Waals surface area contributed by atoms with Gasteiger partial charge in [0.1, 0.15) is 0 Å². The average molecular weight is 243 g/mol. The molecule has 0 aromatic rings. The second kappa shape index (κ2) is 5.40. The van der Waals surface area contributed by atoms with Crippen molar-refractivity contribution in [3.8, 4) is 0 Å². The molecule has 0 bridgehead atoms. The Labute approximate surface area is 126 Å². The van der Waals surface area contributed by atoms with Gasteiger partial charge in [-0.2, -0.15) is 0 Å². The van der Waals surface area contributed by atoms with Crippen LogP contribution in [0.25, 0.3) is 0 Å². The number of ketones is 1. The van der Waals surface area contributed by atoms with E-state index in [1.165, 1.54) is 6.08 Å². The predicted molar refractivity (Wildman–Crippen MR) is 63.3 cm³/mol. The van der Waals surface area contributed by atoms with Crippen molar-refractivity contribution in [1.82, 2.24) is 0 Å². The van der Waals surface area contributed by atoms with Gasteiger partial charge in [0.15, 0.2) is 5.78 Å². The molecule has 17 heavy (non-hydrogen) atoms. The smallest absolute Gasteiger partial charge is 0.841 e. The molecule has 0 atom stereocenters. The quantitative estimate of drug-likeness (QED) is 0.534. The zero-order valence-corrected chi connectivity index (χ0v) is 14.0. The van der Waals surface area contributed by atoms with Gasteiger partial charge < -0.3 is 5.11 Å². The Balaban J connectivity index is 0.00000256. The first kappa shape index (κ1) is 17.1. The van der Waals surface area contributed by atoms with Crippen molar-refractivity contribution in [2.75, 3.05) is 0 Å². The fraction of sp³-hybridized carbons (Fsp3) is 0.571. The molecule has 1 radical (unpaired) electrons. The van der Waals surface area contributed by atoms with Gasteiger partial charge in [0.2, 0.25) is 0 Å². The van der Waals surface area contributed by atoms with Crippen molar-refractivity contribution in [1.29, 1.82) is 0 Å². The molecule has 0 saturated heterocycles. The van der Waals surface area contributed by atoms with Gasteiger partial charge in [-0.1, -0.05) is 53.7 Å². The number of allylic oxidation sites excluding steroid dienone is 2. The van der Waals surface area contributed by atoms with Gasteiger partial charge in [-0.3, -0.25) is 4.79 Å². The predicted octanol–water partition coefficient (Wildman–Crippen LogP) is -0.590. The summed E-state index contributed by atoms with van der Waals surface area (Å²) in [6.07, 6.45) is 2.96. The van der Waals surface area contributed by atoms with Crippen LogP contribution in [-0.2, 0) is 4.79 Å². The van der Waals surface area contributed by atoms with E-state index in [-0.39, 0.29) is 46.2 Å². The second-order valence-electron chi connectivity index (χ2n) is 6.35. The van der Waals surface area contributed by atoms with Crippen LogP contribution in [0, 0.1) is 16.9 Å². The summed E-state index contributed by atoms with van der Waals surface area (Å²) in [5, 5.41) is 11.6. The third kappa shape index (κ3) is 4.06. The normalized spacial score (nSPS) is 18.4. The number of Topliss-reactive ketones (excluding diaryl/α,β-unsaturated/α-hetero) is 1. The second-order valence-corrected chi connectivity index (χ2v) is 6.35. The summed E-state index contributed by atoms with van der Waals surface area (Å²) < 4.78 is 0. The first-order valence-corrected chi connectivity index (χ1v) is 5.56. The number of carbonyl (C=O) groups excluding carboxylic acids is 1. The van der Waals surface area contributed by atoms with Crippen molar-refractivity contribution >= 4 is 5.78 Å². The minimum absolute atomic E-state index is 0. The van der Waals surface area contributed by atoms with Crippen LogP contribution in [0.5, 0.6) is 0 Å². The van der Waals surface area contributed by atoms with Crippen molar-refractivity contribution in [2.45, 2.75) is 41.5 Å². The number of hydrogen-bond donors (Lipinski definition) is 0. The van der Waals surface area contributed by atoms with E-state index in [9.17, 15) is 9.90 Å². The van der Waals surface area contributed by atoms with Crippen LogP contribution < -0.4 is 34.7 Å². The van der Waals surface area contributed by atoms with E-state index in [1.54, 1.807) is 0 Å². The van der Waals surface area contributed by atoms with Crippen molar-refractivity contribution in [3.63, 3.8) is 0 Å². The molecule has 1 aliphatic carbocycles. The van der Waals surface area contributed by atoms with Crippen LogP contribution in [0.3, 0.4) is 0 Å². The zero-order chi connectivity index (χ0) is 12.7. The molecule has 0 saturated carbocycles. The van der Waals surface area contributed by atoms with Gasteiger partial charge in [-0.05, 0) is 22.5 Å². The Hall–Kier alpha value is 0.110. The molecule has 0 aromatic heterocycles. The minimum Gasteiger partial charge on any atom is -0.841 e. The molecule has 3 heteroatoms. The summed E-state index contributed by atoms with van der Waals surface area (Å²) in [7, 11) is 0. The summed E-state index contributed by atoms with van der Waals surface area (Å²) in [5.74, 6) is -0.361. The summed E-state index contributed by atoms with van der Waals surface area (Å²) in [5.41, 5.74) is 1.16. The van der Waals surface area contributed by atoms with E-state index < -0.39 is 6.10 Å². The van der Waals surface area contributed by atoms with Crippen molar-refractivity contribution in [3.05, 3.63) is 29.4 Å². The fourth-order valence-corrected chi connectivity index (χ4v) is 1.59. The van der Waals surface area contributed by atoms with Crippen LogP contribution >= 0.6 is 0 Å². The number of hydrogen-bond acceptors (Lipinski definition) is 2. The van der Waals surface area contributed by atoms with E-state index in [2.05, 4.69) is 0 Å². The summed E-state index contributed by atoms with van der Waals surface area (Å²) in [4.78, 5) is 11.8. The van der Waals surface area contributed by atoms with Crippen molar-refractivity contribution < 1.29 is 39.5 Å². The molecule has 89 valence electrons. The third-order valence-electron chi connectivity index (χ3n) is 2.73. The molecule has 0 unspecified atom stereocenters. The Bertz CT molecular complexity index is 365. The van der Waals surface area contributed by atoms with Crippen molar-refractivity contribution in [2.24, 2.45) is 10.8 Å². The Morgan fingerprint density at radius 3 is 1.76 bits per heavy atom. The Kier molecular flexibility index (Phi) is 5.43. The van der Waals surface area contributed by atoms with Crippen LogP contribution in [0.1, 0.15) is 41.5 Å². The third-order valence-corrected chi connectivity index (χ3v) is 2.73. The zero-order valence-electron chi connectivity index (χ0n) is 12.0. The maximum Gasteiger partial charge on any atom is 1.00 e. The first-order valence-electron chi connectivity index (χ1n) is 5.56. The number of carbonyl (C=O) groups is 1. The summed E-state index contributed by atoms with van der Waals surface area (Å²) in [6, 6.07) is 0. The van der Waals surface area contributed by atoms with Crippen LogP contribution in [0.15, 0.2) is 23.3 Å². The molecule has 0 aliphatic heterocycles. The largest absolute Gasteiger partial charge is 1.00 e. The monoisotopic (exact) mass is 243 g/mol. The molecule has 0 fully saturated rings. The van der Waals surface area contributed by atoms with Gasteiger partial charge in [0, 0.05) is 5.57 Å². The molecule has 0 amide bonds. The number of rotatable bonds is 0. The van der Waals surface area contributed by atoms with Gasteiger partial charge >= 0.3 is 29.6 Å². The van der Waals surface area contributed by atoms with E-state index in [0.29, 0.717) is 5.57 Å². The molecule has 1 aliphatic rings. The van der Waals surface area contributed by atoms with E-state index in [1.807, 2.05) is 47.6 Å².